The van der Waals surface area contributed by atoms with Gasteiger partial charge in [-0.15, -0.1) is 0 Å². The van der Waals surface area contributed by atoms with E-state index in [1.54, 1.807) is 21.0 Å². The molecule has 0 aliphatic heterocycles. The standard InChI is InChI=1S/C23H29N2O5P/c1-5-28-31(26,29-6-2)23-22(24-16-19-9-7-17(3)8-10-19)30-21(25-23)15-18-11-13-20(27-4)14-12-18/h7-14,24H,5-6,15-16H2,1-4H3. The third-order valence-electron chi connectivity index (χ3n) is 4.60. The highest BCUT2D eigenvalue weighted by Crippen LogP contribution is 2.48. The lowest BCUT2D eigenvalue weighted by atomic mass is 10.1. The second-order valence-electron chi connectivity index (χ2n) is 6.96. The average Bonchev–Trinajstić information content (AvgIpc) is 3.18. The summed E-state index contributed by atoms with van der Waals surface area (Å²) in [5.74, 6) is 1.50. The number of aromatic nitrogens is 1. The van der Waals surface area contributed by atoms with Crippen LogP contribution in [0.2, 0.25) is 0 Å². The number of aryl methyl sites for hydroxylation is 1. The van der Waals surface area contributed by atoms with E-state index in [1.807, 2.05) is 55.5 Å². The van der Waals surface area contributed by atoms with Crippen molar-refractivity contribution in [1.82, 2.24) is 4.98 Å². The second kappa shape index (κ2) is 10.6. The van der Waals surface area contributed by atoms with Gasteiger partial charge in [0.1, 0.15) is 5.75 Å². The molecule has 0 amide bonds. The van der Waals surface area contributed by atoms with Crippen molar-refractivity contribution in [3.05, 3.63) is 71.1 Å². The van der Waals surface area contributed by atoms with Gasteiger partial charge in [0.2, 0.25) is 17.2 Å². The van der Waals surface area contributed by atoms with E-state index < -0.39 is 7.60 Å². The van der Waals surface area contributed by atoms with Gasteiger partial charge in [-0.25, -0.2) is 4.98 Å². The van der Waals surface area contributed by atoms with Gasteiger partial charge in [0.05, 0.1) is 20.3 Å². The molecule has 166 valence electrons. The number of benzene rings is 2. The fourth-order valence-corrected chi connectivity index (χ4v) is 4.64. The van der Waals surface area contributed by atoms with Gasteiger partial charge < -0.3 is 23.5 Å². The zero-order chi connectivity index (χ0) is 22.3. The summed E-state index contributed by atoms with van der Waals surface area (Å²) in [6.07, 6.45) is 0.432. The molecule has 3 rings (SSSR count). The number of nitrogens with one attached hydrogen (secondary N) is 1. The van der Waals surface area contributed by atoms with E-state index in [9.17, 15) is 4.57 Å². The summed E-state index contributed by atoms with van der Waals surface area (Å²) >= 11 is 0. The quantitative estimate of drug-likeness (QED) is 0.413. The Balaban J connectivity index is 1.89. The Kier molecular flexibility index (Phi) is 7.91. The summed E-state index contributed by atoms with van der Waals surface area (Å²) in [6, 6.07) is 15.8. The maximum atomic E-state index is 13.4. The lowest BCUT2D eigenvalue weighted by Gasteiger charge is -2.15. The lowest BCUT2D eigenvalue weighted by molar-refractivity contribution is 0.229. The minimum Gasteiger partial charge on any atom is -0.497 e. The first-order valence-electron chi connectivity index (χ1n) is 10.3. The first kappa shape index (κ1) is 23.1. The zero-order valence-corrected chi connectivity index (χ0v) is 19.3. The number of anilines is 1. The van der Waals surface area contributed by atoms with Crippen molar-refractivity contribution in [3.8, 4) is 5.75 Å². The molecule has 8 heteroatoms. The summed E-state index contributed by atoms with van der Waals surface area (Å²) in [5.41, 5.74) is 3.41. The Morgan fingerprint density at radius 3 is 2.16 bits per heavy atom. The van der Waals surface area contributed by atoms with Crippen molar-refractivity contribution in [3.63, 3.8) is 0 Å². The molecule has 31 heavy (non-hydrogen) atoms. The number of hydrogen-bond donors (Lipinski definition) is 1. The van der Waals surface area contributed by atoms with Gasteiger partial charge >= 0.3 is 7.60 Å². The molecule has 0 atom stereocenters. The van der Waals surface area contributed by atoms with Crippen molar-refractivity contribution >= 4 is 18.9 Å². The van der Waals surface area contributed by atoms with Crippen LogP contribution in [0.15, 0.2) is 52.9 Å². The molecule has 1 N–H and O–H groups in total. The van der Waals surface area contributed by atoms with Crippen molar-refractivity contribution < 1.29 is 22.8 Å². The molecule has 0 saturated heterocycles. The Labute approximate surface area is 183 Å². The van der Waals surface area contributed by atoms with Crippen LogP contribution in [0.4, 0.5) is 5.88 Å². The van der Waals surface area contributed by atoms with Crippen LogP contribution in [-0.4, -0.2) is 25.3 Å². The van der Waals surface area contributed by atoms with Crippen LogP contribution < -0.4 is 15.5 Å². The molecule has 0 aliphatic carbocycles. The first-order chi connectivity index (χ1) is 15.0. The molecule has 2 aromatic carbocycles. The van der Waals surface area contributed by atoms with Crippen molar-refractivity contribution in [2.45, 2.75) is 33.7 Å². The predicted octanol–water partition coefficient (Wildman–Crippen LogP) is 5.09. The Morgan fingerprint density at radius 2 is 1.58 bits per heavy atom. The Morgan fingerprint density at radius 1 is 0.968 bits per heavy atom. The van der Waals surface area contributed by atoms with Crippen molar-refractivity contribution in [2.75, 3.05) is 25.6 Å². The number of methoxy groups -OCH3 is 1. The van der Waals surface area contributed by atoms with Crippen LogP contribution in [0.5, 0.6) is 5.75 Å². The fraction of sp³-hybridized carbons (Fsp3) is 0.348. The molecule has 1 heterocycles. The molecule has 0 fully saturated rings. The highest BCUT2D eigenvalue weighted by atomic mass is 31.2. The van der Waals surface area contributed by atoms with Gasteiger partial charge in [-0.3, -0.25) is 4.57 Å². The third-order valence-corrected chi connectivity index (χ3v) is 6.62. The van der Waals surface area contributed by atoms with Crippen LogP contribution in [0.25, 0.3) is 0 Å². The van der Waals surface area contributed by atoms with Gasteiger partial charge in [-0.1, -0.05) is 42.0 Å². The molecule has 0 bridgehead atoms. The minimum atomic E-state index is -3.62. The summed E-state index contributed by atoms with van der Waals surface area (Å²) in [6.45, 7) is 6.53. The van der Waals surface area contributed by atoms with E-state index in [-0.39, 0.29) is 18.6 Å². The Hall–Kier alpha value is -2.60. The molecule has 0 saturated carbocycles. The van der Waals surface area contributed by atoms with E-state index in [0.29, 0.717) is 24.7 Å². The molecular weight excluding hydrogens is 415 g/mol. The number of ether oxygens (including phenoxy) is 1. The first-order valence-corrected chi connectivity index (χ1v) is 11.8. The van der Waals surface area contributed by atoms with Gasteiger partial charge in [0.15, 0.2) is 0 Å². The van der Waals surface area contributed by atoms with Gasteiger partial charge in [-0.05, 0) is 44.0 Å². The van der Waals surface area contributed by atoms with Crippen LogP contribution >= 0.6 is 7.60 Å². The van der Waals surface area contributed by atoms with E-state index >= 15 is 0 Å². The largest absolute Gasteiger partial charge is 0.497 e. The number of rotatable bonds is 11. The summed E-state index contributed by atoms with van der Waals surface area (Å²) in [4.78, 5) is 4.51. The summed E-state index contributed by atoms with van der Waals surface area (Å²) < 4.78 is 35.6. The van der Waals surface area contributed by atoms with Crippen LogP contribution in [-0.2, 0) is 26.6 Å². The smallest absolute Gasteiger partial charge is 0.385 e. The van der Waals surface area contributed by atoms with E-state index in [1.165, 1.54) is 5.56 Å². The SMILES string of the molecule is CCOP(=O)(OCC)c1nc(Cc2ccc(OC)cc2)oc1NCc1ccc(C)cc1. The molecule has 7 nitrogen and oxygen atoms in total. The molecular formula is C23H29N2O5P. The summed E-state index contributed by atoms with van der Waals surface area (Å²) in [5, 5.41) is 3.21. The maximum Gasteiger partial charge on any atom is 0.385 e. The second-order valence-corrected chi connectivity index (χ2v) is 8.89. The molecule has 0 unspecified atom stereocenters. The highest BCUT2D eigenvalue weighted by molar-refractivity contribution is 7.62. The third kappa shape index (κ3) is 5.97. The minimum absolute atomic E-state index is 0.173. The Bertz CT molecular complexity index is 1010. The van der Waals surface area contributed by atoms with Crippen LogP contribution in [0.3, 0.4) is 0 Å². The molecule has 3 aromatic rings. The van der Waals surface area contributed by atoms with Gasteiger partial charge in [0, 0.05) is 13.0 Å². The van der Waals surface area contributed by atoms with Gasteiger partial charge in [-0.2, -0.15) is 0 Å². The molecule has 0 spiro atoms. The zero-order valence-electron chi connectivity index (χ0n) is 18.4. The predicted molar refractivity (Wildman–Crippen MR) is 121 cm³/mol. The fourth-order valence-electron chi connectivity index (χ4n) is 3.04. The lowest BCUT2D eigenvalue weighted by Crippen LogP contribution is -2.16. The highest BCUT2D eigenvalue weighted by Gasteiger charge is 2.35. The molecule has 0 radical (unpaired) electrons. The topological polar surface area (TPSA) is 82.8 Å². The van der Waals surface area contributed by atoms with Gasteiger partial charge in [0.25, 0.3) is 0 Å². The van der Waals surface area contributed by atoms with Crippen molar-refractivity contribution in [1.29, 1.82) is 0 Å². The molecule has 1 aromatic heterocycles. The van der Waals surface area contributed by atoms with E-state index in [0.717, 1.165) is 16.9 Å². The monoisotopic (exact) mass is 444 g/mol. The van der Waals surface area contributed by atoms with E-state index in [4.69, 9.17) is 18.2 Å². The maximum absolute atomic E-state index is 13.4. The van der Waals surface area contributed by atoms with Crippen molar-refractivity contribution in [2.24, 2.45) is 0 Å². The number of hydrogen-bond acceptors (Lipinski definition) is 7. The normalized spacial score (nSPS) is 11.5. The molecule has 0 aliphatic rings. The number of oxazole rings is 1. The van der Waals surface area contributed by atoms with Crippen LogP contribution in [0, 0.1) is 6.92 Å². The number of nitrogens with zero attached hydrogens (tertiary/aromatic N) is 1. The summed E-state index contributed by atoms with van der Waals surface area (Å²) in [7, 11) is -2.00. The average molecular weight is 444 g/mol. The van der Waals surface area contributed by atoms with E-state index in [2.05, 4.69) is 10.3 Å². The van der Waals surface area contributed by atoms with Crippen LogP contribution in [0.1, 0.15) is 36.4 Å².